The number of nitrogens with one attached hydrogen (secondary N) is 1. The van der Waals surface area contributed by atoms with Gasteiger partial charge in [-0.2, -0.15) is 0 Å². The van der Waals surface area contributed by atoms with Gasteiger partial charge in [0.1, 0.15) is 0 Å². The molecule has 3 N–H and O–H groups in total. The molecule has 0 spiro atoms. The van der Waals surface area contributed by atoms with E-state index in [0.29, 0.717) is 0 Å². The van der Waals surface area contributed by atoms with Gasteiger partial charge in [0.25, 0.3) is 0 Å². The van der Waals surface area contributed by atoms with Gasteiger partial charge in [0, 0.05) is 5.41 Å². The van der Waals surface area contributed by atoms with Gasteiger partial charge in [-0.05, 0) is 19.3 Å². The number of nitrogens with two attached hydrogens (primary N) is 1. The van der Waals surface area contributed by atoms with Crippen molar-refractivity contribution in [2.24, 2.45) is 16.6 Å². The standard InChI is InChI=1S/C13H28N2O/c1-11(2,3)9(15-13(7,8)14)10(16)12(4,5)6/h9,15H,14H2,1-8H3. The highest BCUT2D eigenvalue weighted by Crippen LogP contribution is 2.28. The molecule has 1 unspecified atom stereocenters. The summed E-state index contributed by atoms with van der Waals surface area (Å²) in [5.74, 6) is 0.207. The quantitative estimate of drug-likeness (QED) is 0.729. The fraction of sp³-hybridized carbons (Fsp3) is 0.923. The van der Waals surface area contributed by atoms with Crippen LogP contribution in [0.25, 0.3) is 0 Å². The molecule has 0 fully saturated rings. The van der Waals surface area contributed by atoms with E-state index in [0.717, 1.165) is 0 Å². The Morgan fingerprint density at radius 1 is 1.00 bits per heavy atom. The minimum Gasteiger partial charge on any atom is -0.314 e. The Labute approximate surface area is 100 Å². The first-order valence-corrected chi connectivity index (χ1v) is 5.86. The molecule has 0 aromatic rings. The van der Waals surface area contributed by atoms with Crippen molar-refractivity contribution in [1.82, 2.24) is 5.32 Å². The van der Waals surface area contributed by atoms with Gasteiger partial charge in [0.15, 0.2) is 5.78 Å². The van der Waals surface area contributed by atoms with Crippen molar-refractivity contribution in [3.63, 3.8) is 0 Å². The van der Waals surface area contributed by atoms with Crippen molar-refractivity contribution in [3.05, 3.63) is 0 Å². The third-order valence-electron chi connectivity index (χ3n) is 2.38. The fourth-order valence-electron chi connectivity index (χ4n) is 1.48. The molecule has 3 nitrogen and oxygen atoms in total. The van der Waals surface area contributed by atoms with E-state index in [4.69, 9.17) is 5.73 Å². The molecule has 0 aromatic heterocycles. The minimum atomic E-state index is -0.543. The lowest BCUT2D eigenvalue weighted by Crippen LogP contribution is -2.61. The summed E-state index contributed by atoms with van der Waals surface area (Å²) < 4.78 is 0. The highest BCUT2D eigenvalue weighted by Gasteiger charge is 2.39. The van der Waals surface area contributed by atoms with Crippen LogP contribution < -0.4 is 11.1 Å². The van der Waals surface area contributed by atoms with E-state index in [2.05, 4.69) is 26.1 Å². The number of carbonyl (C=O) groups is 1. The van der Waals surface area contributed by atoms with Crippen molar-refractivity contribution in [2.75, 3.05) is 0 Å². The lowest BCUT2D eigenvalue weighted by atomic mass is 9.75. The smallest absolute Gasteiger partial charge is 0.155 e. The van der Waals surface area contributed by atoms with Crippen molar-refractivity contribution in [3.8, 4) is 0 Å². The molecule has 0 bridgehead atoms. The molecular formula is C13H28N2O. The highest BCUT2D eigenvalue weighted by molar-refractivity contribution is 5.89. The average Bonchev–Trinajstić information content (AvgIpc) is 1.93. The van der Waals surface area contributed by atoms with E-state index in [1.54, 1.807) is 0 Å². The van der Waals surface area contributed by atoms with E-state index in [1.807, 2.05) is 34.6 Å². The second-order valence-corrected chi connectivity index (χ2v) is 7.28. The first-order chi connectivity index (χ1) is 6.75. The van der Waals surface area contributed by atoms with Crippen LogP contribution in [0.2, 0.25) is 0 Å². The second kappa shape index (κ2) is 4.46. The lowest BCUT2D eigenvalue weighted by Gasteiger charge is -2.39. The highest BCUT2D eigenvalue weighted by atomic mass is 16.1. The zero-order valence-corrected chi connectivity index (χ0v) is 12.1. The Hall–Kier alpha value is -0.410. The maximum Gasteiger partial charge on any atom is 0.155 e. The largest absolute Gasteiger partial charge is 0.314 e. The van der Waals surface area contributed by atoms with Crippen LogP contribution in [0.5, 0.6) is 0 Å². The van der Waals surface area contributed by atoms with E-state index < -0.39 is 5.66 Å². The molecule has 0 radical (unpaired) electrons. The average molecular weight is 228 g/mol. The number of hydrogen-bond acceptors (Lipinski definition) is 3. The summed E-state index contributed by atoms with van der Waals surface area (Å²) >= 11 is 0. The van der Waals surface area contributed by atoms with Gasteiger partial charge in [-0.1, -0.05) is 41.5 Å². The zero-order chi connectivity index (χ0) is 13.4. The molecule has 16 heavy (non-hydrogen) atoms. The second-order valence-electron chi connectivity index (χ2n) is 7.28. The van der Waals surface area contributed by atoms with E-state index in [1.165, 1.54) is 0 Å². The summed E-state index contributed by atoms with van der Waals surface area (Å²) in [6.45, 7) is 15.8. The van der Waals surface area contributed by atoms with E-state index in [-0.39, 0.29) is 22.7 Å². The fourth-order valence-corrected chi connectivity index (χ4v) is 1.48. The van der Waals surface area contributed by atoms with E-state index in [9.17, 15) is 4.79 Å². The molecule has 0 aliphatic carbocycles. The normalized spacial score (nSPS) is 16.1. The van der Waals surface area contributed by atoms with Crippen LogP contribution in [0.4, 0.5) is 0 Å². The van der Waals surface area contributed by atoms with Crippen LogP contribution in [0.15, 0.2) is 0 Å². The molecule has 0 heterocycles. The van der Waals surface area contributed by atoms with Crippen LogP contribution in [-0.2, 0) is 4.79 Å². The first-order valence-electron chi connectivity index (χ1n) is 5.86. The molecule has 1 atom stereocenters. The Kier molecular flexibility index (Phi) is 4.34. The molecule has 3 heteroatoms. The van der Waals surface area contributed by atoms with Gasteiger partial charge in [-0.25, -0.2) is 0 Å². The van der Waals surface area contributed by atoms with Crippen LogP contribution in [-0.4, -0.2) is 17.5 Å². The number of ketones is 1. The van der Waals surface area contributed by atoms with Gasteiger partial charge in [0.2, 0.25) is 0 Å². The molecular weight excluding hydrogens is 200 g/mol. The van der Waals surface area contributed by atoms with Crippen LogP contribution >= 0.6 is 0 Å². The van der Waals surface area contributed by atoms with Crippen molar-refractivity contribution < 1.29 is 4.79 Å². The predicted octanol–water partition coefficient (Wildman–Crippen LogP) is 2.30. The van der Waals surface area contributed by atoms with Gasteiger partial charge < -0.3 is 5.73 Å². The molecule has 0 aromatic carbocycles. The van der Waals surface area contributed by atoms with Crippen LogP contribution in [0.1, 0.15) is 55.4 Å². The molecule has 0 saturated heterocycles. The van der Waals surface area contributed by atoms with Crippen molar-refractivity contribution in [1.29, 1.82) is 0 Å². The van der Waals surface area contributed by atoms with Crippen LogP contribution in [0, 0.1) is 10.8 Å². The lowest BCUT2D eigenvalue weighted by molar-refractivity contribution is -0.131. The van der Waals surface area contributed by atoms with Gasteiger partial charge >= 0.3 is 0 Å². The molecule has 96 valence electrons. The predicted molar refractivity (Wildman–Crippen MR) is 69.1 cm³/mol. The third-order valence-corrected chi connectivity index (χ3v) is 2.38. The first kappa shape index (κ1) is 15.6. The summed E-state index contributed by atoms with van der Waals surface area (Å²) in [5.41, 5.74) is 4.92. The monoisotopic (exact) mass is 228 g/mol. The Morgan fingerprint density at radius 2 is 1.38 bits per heavy atom. The van der Waals surface area contributed by atoms with Crippen molar-refractivity contribution >= 4 is 5.78 Å². The summed E-state index contributed by atoms with van der Waals surface area (Å²) in [6, 6.07) is -0.229. The molecule has 0 aliphatic rings. The minimum absolute atomic E-state index is 0.138. The third kappa shape index (κ3) is 5.08. The van der Waals surface area contributed by atoms with Gasteiger partial charge in [-0.3, -0.25) is 10.1 Å². The number of Topliss-reactive ketones (excluding diaryl/α,β-unsaturated/α-hetero) is 1. The summed E-state index contributed by atoms with van der Waals surface area (Å²) in [7, 11) is 0. The zero-order valence-electron chi connectivity index (χ0n) is 12.1. The van der Waals surface area contributed by atoms with Gasteiger partial charge in [0.05, 0.1) is 11.7 Å². The summed E-state index contributed by atoms with van der Waals surface area (Å²) in [4.78, 5) is 12.4. The summed E-state index contributed by atoms with van der Waals surface area (Å²) in [5, 5.41) is 3.23. The van der Waals surface area contributed by atoms with Crippen LogP contribution in [0.3, 0.4) is 0 Å². The Balaban J connectivity index is 5.06. The maximum absolute atomic E-state index is 12.4. The number of carbonyl (C=O) groups excluding carboxylic acids is 1. The molecule has 0 aliphatic heterocycles. The van der Waals surface area contributed by atoms with E-state index >= 15 is 0 Å². The molecule has 0 rings (SSSR count). The Morgan fingerprint density at radius 3 is 1.56 bits per heavy atom. The topological polar surface area (TPSA) is 55.1 Å². The Bertz CT molecular complexity index is 251. The number of hydrogen-bond donors (Lipinski definition) is 2. The maximum atomic E-state index is 12.4. The molecule has 0 amide bonds. The van der Waals surface area contributed by atoms with Crippen molar-refractivity contribution in [2.45, 2.75) is 67.1 Å². The SMILES string of the molecule is CC(C)(N)NC(C(=O)C(C)(C)C)C(C)(C)C. The molecule has 0 saturated carbocycles. The van der Waals surface area contributed by atoms with Gasteiger partial charge in [-0.15, -0.1) is 0 Å². The summed E-state index contributed by atoms with van der Waals surface area (Å²) in [6.07, 6.45) is 0. The number of rotatable bonds is 3.